The third-order valence-electron chi connectivity index (χ3n) is 3.87. The molecule has 2 rings (SSSR count). The third-order valence-corrected chi connectivity index (χ3v) is 5.61. The van der Waals surface area contributed by atoms with Gasteiger partial charge in [-0.2, -0.15) is 0 Å². The quantitative estimate of drug-likeness (QED) is 0.732. The molecule has 0 N–H and O–H groups in total. The first-order valence-corrected chi connectivity index (χ1v) is 8.03. The number of alkyl halides is 1. The molecule has 1 aliphatic heterocycles. The monoisotopic (exact) mass is 376 g/mol. The zero-order valence-electron chi connectivity index (χ0n) is 10.7. The zero-order chi connectivity index (χ0) is 13.2. The van der Waals surface area contributed by atoms with E-state index >= 15 is 0 Å². The minimum absolute atomic E-state index is 0.216. The number of rotatable bonds is 4. The molecule has 1 fully saturated rings. The summed E-state index contributed by atoms with van der Waals surface area (Å²) in [6, 6.07) is 6.30. The summed E-state index contributed by atoms with van der Waals surface area (Å²) in [5.41, 5.74) is 1.54. The van der Waals surface area contributed by atoms with Crippen LogP contribution in [0.5, 0.6) is 5.75 Å². The second-order valence-corrected chi connectivity index (χ2v) is 6.32. The standard InChI is InChI=1S/C14H18Br2O2/c1-10-14(9-15,5-6-18-10)8-11-3-4-13(17-2)12(16)7-11/h3-4,7,10H,5-6,8-9H2,1-2H3. The van der Waals surface area contributed by atoms with Crippen molar-refractivity contribution >= 4 is 31.9 Å². The van der Waals surface area contributed by atoms with Gasteiger partial charge < -0.3 is 9.47 Å². The van der Waals surface area contributed by atoms with Gasteiger partial charge in [0.1, 0.15) is 5.75 Å². The van der Waals surface area contributed by atoms with Crippen molar-refractivity contribution in [2.75, 3.05) is 19.0 Å². The van der Waals surface area contributed by atoms with Crippen molar-refractivity contribution in [3.8, 4) is 5.75 Å². The summed E-state index contributed by atoms with van der Waals surface area (Å²) in [6.07, 6.45) is 2.45. The highest BCUT2D eigenvalue weighted by molar-refractivity contribution is 9.10. The van der Waals surface area contributed by atoms with E-state index in [1.807, 2.05) is 6.07 Å². The van der Waals surface area contributed by atoms with E-state index in [0.29, 0.717) is 6.10 Å². The van der Waals surface area contributed by atoms with E-state index in [1.165, 1.54) is 5.56 Å². The Hall–Kier alpha value is -0.0600. The Morgan fingerprint density at radius 3 is 2.78 bits per heavy atom. The van der Waals surface area contributed by atoms with Crippen LogP contribution in [0.1, 0.15) is 18.9 Å². The van der Waals surface area contributed by atoms with Crippen molar-refractivity contribution < 1.29 is 9.47 Å². The first-order chi connectivity index (χ1) is 8.61. The topological polar surface area (TPSA) is 18.5 Å². The largest absolute Gasteiger partial charge is 0.496 e. The molecule has 100 valence electrons. The molecule has 2 unspecified atom stereocenters. The van der Waals surface area contributed by atoms with Gasteiger partial charge in [-0.05, 0) is 53.4 Å². The van der Waals surface area contributed by atoms with Gasteiger partial charge in [0.2, 0.25) is 0 Å². The summed E-state index contributed by atoms with van der Waals surface area (Å²) in [4.78, 5) is 0. The van der Waals surface area contributed by atoms with E-state index in [1.54, 1.807) is 7.11 Å². The zero-order valence-corrected chi connectivity index (χ0v) is 13.9. The average molecular weight is 378 g/mol. The minimum Gasteiger partial charge on any atom is -0.496 e. The van der Waals surface area contributed by atoms with Crippen molar-refractivity contribution in [1.82, 2.24) is 0 Å². The molecule has 0 aromatic heterocycles. The fourth-order valence-corrected chi connectivity index (χ4v) is 4.02. The molecule has 2 nitrogen and oxygen atoms in total. The predicted octanol–water partition coefficient (Wildman–Crippen LogP) is 4.19. The van der Waals surface area contributed by atoms with Crippen LogP contribution in [0.15, 0.2) is 22.7 Å². The summed E-state index contributed by atoms with van der Waals surface area (Å²) in [5.74, 6) is 0.877. The Labute approximate surface area is 125 Å². The van der Waals surface area contributed by atoms with Gasteiger partial charge in [0.05, 0.1) is 17.7 Å². The molecule has 0 aliphatic carbocycles. The maximum atomic E-state index is 5.74. The van der Waals surface area contributed by atoms with E-state index in [2.05, 4.69) is 50.9 Å². The molecule has 18 heavy (non-hydrogen) atoms. The molecule has 2 atom stereocenters. The van der Waals surface area contributed by atoms with Crippen molar-refractivity contribution in [1.29, 1.82) is 0 Å². The first kappa shape index (κ1) is 14.4. The lowest BCUT2D eigenvalue weighted by Gasteiger charge is -2.30. The predicted molar refractivity (Wildman–Crippen MR) is 80.7 cm³/mol. The van der Waals surface area contributed by atoms with Crippen LogP contribution >= 0.6 is 31.9 Å². The highest BCUT2D eigenvalue weighted by Crippen LogP contribution is 2.40. The molecule has 1 heterocycles. The second kappa shape index (κ2) is 5.93. The smallest absolute Gasteiger partial charge is 0.133 e. The highest BCUT2D eigenvalue weighted by Gasteiger charge is 2.40. The van der Waals surface area contributed by atoms with Gasteiger partial charge in [0.25, 0.3) is 0 Å². The van der Waals surface area contributed by atoms with Crippen LogP contribution in [-0.2, 0) is 11.2 Å². The van der Waals surface area contributed by atoms with Crippen molar-refractivity contribution in [2.45, 2.75) is 25.9 Å². The van der Waals surface area contributed by atoms with Crippen molar-refractivity contribution in [2.24, 2.45) is 5.41 Å². The molecule has 0 spiro atoms. The molecule has 0 amide bonds. The lowest BCUT2D eigenvalue weighted by molar-refractivity contribution is 0.0746. The molecule has 0 bridgehead atoms. The normalized spacial score (nSPS) is 27.4. The Balaban J connectivity index is 2.20. The summed E-state index contributed by atoms with van der Waals surface area (Å²) < 4.78 is 12.0. The molecule has 1 aromatic carbocycles. The SMILES string of the molecule is COc1ccc(CC2(CBr)CCOC2C)cc1Br. The van der Waals surface area contributed by atoms with Gasteiger partial charge in [0, 0.05) is 17.4 Å². The van der Waals surface area contributed by atoms with Gasteiger partial charge in [-0.15, -0.1) is 0 Å². The summed E-state index contributed by atoms with van der Waals surface area (Å²) >= 11 is 7.20. The van der Waals surface area contributed by atoms with Gasteiger partial charge in [-0.3, -0.25) is 0 Å². The van der Waals surface area contributed by atoms with Gasteiger partial charge in [-0.1, -0.05) is 22.0 Å². The summed E-state index contributed by atoms with van der Waals surface area (Å²) in [5, 5.41) is 0.977. The maximum absolute atomic E-state index is 5.74. The van der Waals surface area contributed by atoms with Crippen LogP contribution in [0, 0.1) is 5.41 Å². The highest BCUT2D eigenvalue weighted by atomic mass is 79.9. The first-order valence-electron chi connectivity index (χ1n) is 6.11. The molecule has 4 heteroatoms. The van der Waals surface area contributed by atoms with Crippen LogP contribution in [0.3, 0.4) is 0 Å². The van der Waals surface area contributed by atoms with Gasteiger partial charge >= 0.3 is 0 Å². The maximum Gasteiger partial charge on any atom is 0.133 e. The Morgan fingerprint density at radius 1 is 1.50 bits per heavy atom. The fraction of sp³-hybridized carbons (Fsp3) is 0.571. The Bertz CT molecular complexity index is 422. The third kappa shape index (κ3) is 2.75. The van der Waals surface area contributed by atoms with Gasteiger partial charge in [-0.25, -0.2) is 0 Å². The molecule has 1 aliphatic rings. The molecule has 1 saturated heterocycles. The van der Waals surface area contributed by atoms with Crippen LogP contribution < -0.4 is 4.74 Å². The number of halogens is 2. The number of methoxy groups -OCH3 is 1. The molecular weight excluding hydrogens is 360 g/mol. The molecule has 0 saturated carbocycles. The number of hydrogen-bond acceptors (Lipinski definition) is 2. The van der Waals surface area contributed by atoms with E-state index in [4.69, 9.17) is 9.47 Å². The van der Waals surface area contributed by atoms with Crippen molar-refractivity contribution in [3.05, 3.63) is 28.2 Å². The Morgan fingerprint density at radius 2 is 2.28 bits per heavy atom. The lowest BCUT2D eigenvalue weighted by Crippen LogP contribution is -2.32. The van der Waals surface area contributed by atoms with E-state index in [9.17, 15) is 0 Å². The number of hydrogen-bond donors (Lipinski definition) is 0. The second-order valence-electron chi connectivity index (χ2n) is 4.90. The van der Waals surface area contributed by atoms with E-state index in [0.717, 1.165) is 35.0 Å². The molecular formula is C14H18Br2O2. The lowest BCUT2D eigenvalue weighted by atomic mass is 9.78. The van der Waals surface area contributed by atoms with Crippen LogP contribution in [0.4, 0.5) is 0 Å². The molecule has 1 aromatic rings. The number of ether oxygens (including phenoxy) is 2. The average Bonchev–Trinajstić information content (AvgIpc) is 2.72. The van der Waals surface area contributed by atoms with E-state index < -0.39 is 0 Å². The van der Waals surface area contributed by atoms with Crippen LogP contribution in [0.2, 0.25) is 0 Å². The van der Waals surface area contributed by atoms with Crippen LogP contribution in [0.25, 0.3) is 0 Å². The minimum atomic E-state index is 0.216. The van der Waals surface area contributed by atoms with E-state index in [-0.39, 0.29) is 5.41 Å². The fourth-order valence-electron chi connectivity index (χ4n) is 2.50. The van der Waals surface area contributed by atoms with Crippen LogP contribution in [-0.4, -0.2) is 25.2 Å². The number of benzene rings is 1. The summed E-state index contributed by atoms with van der Waals surface area (Å²) in [6.45, 7) is 3.04. The summed E-state index contributed by atoms with van der Waals surface area (Å²) in [7, 11) is 1.69. The van der Waals surface area contributed by atoms with Gasteiger partial charge in [0.15, 0.2) is 0 Å². The van der Waals surface area contributed by atoms with Crippen molar-refractivity contribution in [3.63, 3.8) is 0 Å². The Kier molecular flexibility index (Phi) is 4.73. The molecule has 0 radical (unpaired) electrons.